The molecule has 94 valence electrons. The summed E-state index contributed by atoms with van der Waals surface area (Å²) in [6, 6.07) is 1.62. The maximum Gasteiger partial charge on any atom is 0.0219 e. The molecule has 0 bridgehead atoms. The molecule has 1 saturated carbocycles. The van der Waals surface area contributed by atoms with Gasteiger partial charge in [-0.05, 0) is 25.8 Å². The van der Waals surface area contributed by atoms with Gasteiger partial charge in [-0.15, -0.1) is 0 Å². The molecule has 1 heterocycles. The summed E-state index contributed by atoms with van der Waals surface area (Å²) < 4.78 is 0. The number of nitrogens with zero attached hydrogens (tertiary/aromatic N) is 2. The van der Waals surface area contributed by atoms with Gasteiger partial charge in [-0.2, -0.15) is 0 Å². The van der Waals surface area contributed by atoms with Crippen LogP contribution in [-0.2, 0) is 0 Å². The van der Waals surface area contributed by atoms with E-state index in [1.165, 1.54) is 58.5 Å². The molecule has 16 heavy (non-hydrogen) atoms. The van der Waals surface area contributed by atoms with Gasteiger partial charge in [0.1, 0.15) is 0 Å². The minimum atomic E-state index is 0.764. The summed E-state index contributed by atoms with van der Waals surface area (Å²) in [5.41, 5.74) is 0. The van der Waals surface area contributed by atoms with Gasteiger partial charge in [0, 0.05) is 44.8 Å². The standard InChI is InChI=1S/C13H27N3/c1-3-13(11-14-12-5-6-12)16-9-7-15(4-2)8-10-16/h12-14H,3-11H2,1-2H3. The fraction of sp³-hybridized carbons (Fsp3) is 1.00. The fourth-order valence-electron chi connectivity index (χ4n) is 2.57. The number of hydrogen-bond donors (Lipinski definition) is 1. The molecule has 0 amide bonds. The summed E-state index contributed by atoms with van der Waals surface area (Å²) in [5, 5.41) is 3.67. The molecule has 0 radical (unpaired) electrons. The fourth-order valence-corrected chi connectivity index (χ4v) is 2.57. The van der Waals surface area contributed by atoms with Gasteiger partial charge < -0.3 is 10.2 Å². The van der Waals surface area contributed by atoms with Gasteiger partial charge in [0.25, 0.3) is 0 Å². The molecule has 2 fully saturated rings. The summed E-state index contributed by atoms with van der Waals surface area (Å²) in [5.74, 6) is 0. The Kier molecular flexibility index (Phi) is 4.62. The third kappa shape index (κ3) is 3.44. The summed E-state index contributed by atoms with van der Waals surface area (Å²) in [4.78, 5) is 5.24. The normalized spacial score (nSPS) is 25.9. The molecule has 0 aromatic heterocycles. The van der Waals surface area contributed by atoms with E-state index in [1.54, 1.807) is 0 Å². The van der Waals surface area contributed by atoms with Crippen LogP contribution in [0.1, 0.15) is 33.1 Å². The highest BCUT2D eigenvalue weighted by Gasteiger charge is 2.25. The lowest BCUT2D eigenvalue weighted by molar-refractivity contribution is 0.0963. The second-order valence-corrected chi connectivity index (χ2v) is 5.21. The molecule has 1 aliphatic carbocycles. The van der Waals surface area contributed by atoms with Gasteiger partial charge in [0.2, 0.25) is 0 Å². The van der Waals surface area contributed by atoms with Crippen molar-refractivity contribution in [1.82, 2.24) is 15.1 Å². The summed E-state index contributed by atoms with van der Waals surface area (Å²) in [6.07, 6.45) is 4.09. The third-order valence-electron chi connectivity index (χ3n) is 4.06. The zero-order valence-electron chi connectivity index (χ0n) is 10.9. The Labute approximate surface area is 100 Å². The van der Waals surface area contributed by atoms with Crippen LogP contribution in [0.15, 0.2) is 0 Å². The Morgan fingerprint density at radius 2 is 1.81 bits per heavy atom. The van der Waals surface area contributed by atoms with E-state index >= 15 is 0 Å². The van der Waals surface area contributed by atoms with Gasteiger partial charge in [0.05, 0.1) is 0 Å². The maximum absolute atomic E-state index is 3.67. The van der Waals surface area contributed by atoms with E-state index in [2.05, 4.69) is 29.0 Å². The van der Waals surface area contributed by atoms with Gasteiger partial charge in [-0.3, -0.25) is 4.90 Å². The van der Waals surface area contributed by atoms with Gasteiger partial charge in [-0.1, -0.05) is 13.8 Å². The van der Waals surface area contributed by atoms with E-state index in [-0.39, 0.29) is 0 Å². The lowest BCUT2D eigenvalue weighted by Crippen LogP contribution is -2.52. The molecule has 1 N–H and O–H groups in total. The van der Waals surface area contributed by atoms with Crippen LogP contribution in [0.3, 0.4) is 0 Å². The molecule has 0 aromatic carbocycles. The summed E-state index contributed by atoms with van der Waals surface area (Å²) in [7, 11) is 0. The molecule has 2 rings (SSSR count). The summed E-state index contributed by atoms with van der Waals surface area (Å²) >= 11 is 0. The Balaban J connectivity index is 1.71. The number of nitrogens with one attached hydrogen (secondary N) is 1. The average molecular weight is 225 g/mol. The predicted octanol–water partition coefficient (Wildman–Crippen LogP) is 1.15. The molecular formula is C13H27N3. The molecule has 3 heteroatoms. The Bertz CT molecular complexity index is 195. The predicted molar refractivity (Wildman–Crippen MR) is 68.8 cm³/mol. The molecule has 0 aromatic rings. The minimum Gasteiger partial charge on any atom is -0.312 e. The third-order valence-corrected chi connectivity index (χ3v) is 4.06. The van der Waals surface area contributed by atoms with Crippen LogP contribution in [-0.4, -0.2) is 61.2 Å². The Morgan fingerprint density at radius 1 is 1.12 bits per heavy atom. The van der Waals surface area contributed by atoms with E-state index in [0.717, 1.165) is 12.1 Å². The van der Waals surface area contributed by atoms with Crippen LogP contribution >= 0.6 is 0 Å². The van der Waals surface area contributed by atoms with Crippen molar-refractivity contribution in [3.63, 3.8) is 0 Å². The molecule has 2 aliphatic rings. The lowest BCUT2D eigenvalue weighted by Gasteiger charge is -2.38. The molecule has 0 spiro atoms. The van der Waals surface area contributed by atoms with E-state index in [9.17, 15) is 0 Å². The van der Waals surface area contributed by atoms with Crippen LogP contribution in [0, 0.1) is 0 Å². The summed E-state index contributed by atoms with van der Waals surface area (Å²) in [6.45, 7) is 12.1. The smallest absolute Gasteiger partial charge is 0.0219 e. The largest absolute Gasteiger partial charge is 0.312 e. The van der Waals surface area contributed by atoms with Crippen molar-refractivity contribution < 1.29 is 0 Å². The first-order valence-electron chi connectivity index (χ1n) is 7.03. The van der Waals surface area contributed by atoms with Crippen molar-refractivity contribution in [2.75, 3.05) is 39.3 Å². The first-order chi connectivity index (χ1) is 7.83. The molecule has 1 unspecified atom stereocenters. The molecule has 1 aliphatic heterocycles. The van der Waals surface area contributed by atoms with E-state index in [0.29, 0.717) is 0 Å². The van der Waals surface area contributed by atoms with Gasteiger partial charge in [0.15, 0.2) is 0 Å². The first kappa shape index (κ1) is 12.3. The van der Waals surface area contributed by atoms with E-state index in [4.69, 9.17) is 0 Å². The molecular weight excluding hydrogens is 198 g/mol. The average Bonchev–Trinajstić information content (AvgIpc) is 3.15. The van der Waals surface area contributed by atoms with Crippen LogP contribution < -0.4 is 5.32 Å². The number of rotatable bonds is 6. The van der Waals surface area contributed by atoms with Crippen molar-refractivity contribution in [1.29, 1.82) is 0 Å². The second kappa shape index (κ2) is 5.99. The quantitative estimate of drug-likeness (QED) is 0.732. The number of piperazine rings is 1. The van der Waals surface area contributed by atoms with Crippen molar-refractivity contribution >= 4 is 0 Å². The highest BCUT2D eigenvalue weighted by Crippen LogP contribution is 2.19. The van der Waals surface area contributed by atoms with E-state index < -0.39 is 0 Å². The molecule has 1 atom stereocenters. The SMILES string of the molecule is CCC(CNC1CC1)N1CCN(CC)CC1. The Hall–Kier alpha value is -0.120. The van der Waals surface area contributed by atoms with Crippen LogP contribution in [0.5, 0.6) is 0 Å². The molecule has 3 nitrogen and oxygen atoms in total. The van der Waals surface area contributed by atoms with Crippen LogP contribution in [0.25, 0.3) is 0 Å². The second-order valence-electron chi connectivity index (χ2n) is 5.21. The highest BCUT2D eigenvalue weighted by molar-refractivity contribution is 4.85. The van der Waals surface area contributed by atoms with E-state index in [1.807, 2.05) is 0 Å². The van der Waals surface area contributed by atoms with Crippen LogP contribution in [0.4, 0.5) is 0 Å². The zero-order valence-corrected chi connectivity index (χ0v) is 10.9. The lowest BCUT2D eigenvalue weighted by atomic mass is 10.1. The minimum absolute atomic E-state index is 0.764. The van der Waals surface area contributed by atoms with Crippen LogP contribution in [0.2, 0.25) is 0 Å². The van der Waals surface area contributed by atoms with Crippen molar-refractivity contribution in [2.45, 2.75) is 45.2 Å². The van der Waals surface area contributed by atoms with Gasteiger partial charge in [-0.25, -0.2) is 0 Å². The topological polar surface area (TPSA) is 18.5 Å². The zero-order chi connectivity index (χ0) is 11.4. The van der Waals surface area contributed by atoms with Crippen molar-refractivity contribution in [3.8, 4) is 0 Å². The first-order valence-corrected chi connectivity index (χ1v) is 7.03. The number of hydrogen-bond acceptors (Lipinski definition) is 3. The molecule has 1 saturated heterocycles. The highest BCUT2D eigenvalue weighted by atomic mass is 15.3. The Morgan fingerprint density at radius 3 is 2.31 bits per heavy atom. The monoisotopic (exact) mass is 225 g/mol. The maximum atomic E-state index is 3.67. The number of likely N-dealkylation sites (N-methyl/N-ethyl adjacent to an activating group) is 1. The van der Waals surface area contributed by atoms with Crippen molar-refractivity contribution in [3.05, 3.63) is 0 Å². The van der Waals surface area contributed by atoms with Gasteiger partial charge >= 0.3 is 0 Å². The van der Waals surface area contributed by atoms with Crippen molar-refractivity contribution in [2.24, 2.45) is 0 Å².